The average molecular weight is 387 g/mol. The summed E-state index contributed by atoms with van der Waals surface area (Å²) in [5.74, 6) is 3.94. The average Bonchev–Trinajstić information content (AvgIpc) is 3.36. The van der Waals surface area contributed by atoms with E-state index in [9.17, 15) is 0 Å². The molecule has 0 bridgehead atoms. The summed E-state index contributed by atoms with van der Waals surface area (Å²) in [5.41, 5.74) is 0. The molecular weight excluding hydrogens is 356 g/mol. The van der Waals surface area contributed by atoms with Crippen molar-refractivity contribution in [1.82, 2.24) is 25.0 Å². The molecule has 2 heterocycles. The maximum Gasteiger partial charge on any atom is 0.193 e. The van der Waals surface area contributed by atoms with Crippen molar-refractivity contribution < 1.29 is 0 Å². The smallest absolute Gasteiger partial charge is 0.193 e. The summed E-state index contributed by atoms with van der Waals surface area (Å²) in [4.78, 5) is 8.61. The van der Waals surface area contributed by atoms with E-state index in [-0.39, 0.29) is 0 Å². The Morgan fingerprint density at radius 1 is 1.30 bits per heavy atom. The molecule has 1 aromatic heterocycles. The van der Waals surface area contributed by atoms with Gasteiger partial charge in [0.15, 0.2) is 5.96 Å². The number of guanidine groups is 1. The minimum atomic E-state index is 0.712. The first kappa shape index (κ1) is 19.7. The number of aromatic nitrogens is 3. The molecule has 1 saturated heterocycles. The lowest BCUT2D eigenvalue weighted by Gasteiger charge is -2.21. The molecule has 1 N–H and O–H groups in total. The quantitative estimate of drug-likeness (QED) is 0.429. The number of aryl methyl sites for hydroxylation is 1. The van der Waals surface area contributed by atoms with E-state index >= 15 is 0 Å². The fraction of sp³-hybridized carbons (Fsp3) is 0.550. The molecule has 0 spiro atoms. The fourth-order valence-electron chi connectivity index (χ4n) is 3.32. The van der Waals surface area contributed by atoms with Crippen LogP contribution in [0.4, 0.5) is 0 Å². The summed E-state index contributed by atoms with van der Waals surface area (Å²) in [6.45, 7) is 8.86. The van der Waals surface area contributed by atoms with Crippen LogP contribution in [-0.4, -0.2) is 57.6 Å². The summed E-state index contributed by atoms with van der Waals surface area (Å²) in [5, 5.41) is 11.6. The minimum absolute atomic E-state index is 0.712. The van der Waals surface area contributed by atoms with E-state index in [0.29, 0.717) is 5.92 Å². The van der Waals surface area contributed by atoms with Crippen LogP contribution in [0.5, 0.6) is 0 Å². The third kappa shape index (κ3) is 5.73. The Balaban J connectivity index is 1.50. The van der Waals surface area contributed by atoms with Gasteiger partial charge in [-0.1, -0.05) is 25.1 Å². The topological polar surface area (TPSA) is 58.3 Å². The van der Waals surface area contributed by atoms with Gasteiger partial charge in [0.05, 0.1) is 6.54 Å². The monoisotopic (exact) mass is 386 g/mol. The first-order valence-electron chi connectivity index (χ1n) is 9.88. The second kappa shape index (κ2) is 10.3. The lowest BCUT2D eigenvalue weighted by molar-refractivity contribution is 0.473. The number of nitrogens with one attached hydrogen (secondary N) is 1. The van der Waals surface area contributed by atoms with Gasteiger partial charge in [-0.25, -0.2) is 0 Å². The predicted octanol–water partition coefficient (Wildman–Crippen LogP) is 2.92. The lowest BCUT2D eigenvalue weighted by atomic mass is 10.2. The zero-order valence-corrected chi connectivity index (χ0v) is 17.2. The van der Waals surface area contributed by atoms with Crippen LogP contribution >= 0.6 is 11.8 Å². The molecule has 1 atom stereocenters. The second-order valence-corrected chi connectivity index (χ2v) is 7.85. The first-order valence-corrected chi connectivity index (χ1v) is 10.9. The zero-order valence-electron chi connectivity index (χ0n) is 16.3. The Hall–Kier alpha value is -2.02. The zero-order chi connectivity index (χ0) is 18.9. The Morgan fingerprint density at radius 3 is 2.93 bits per heavy atom. The second-order valence-electron chi connectivity index (χ2n) is 6.75. The number of thioether (sulfide) groups is 1. The van der Waals surface area contributed by atoms with Gasteiger partial charge in [0.25, 0.3) is 0 Å². The van der Waals surface area contributed by atoms with Crippen molar-refractivity contribution in [2.45, 2.75) is 38.1 Å². The summed E-state index contributed by atoms with van der Waals surface area (Å²) in [7, 11) is 0. The maximum atomic E-state index is 4.85. The van der Waals surface area contributed by atoms with Crippen LogP contribution in [0.1, 0.15) is 26.1 Å². The molecule has 1 aliphatic heterocycles. The molecule has 146 valence electrons. The molecule has 1 fully saturated rings. The molecule has 2 aromatic rings. The van der Waals surface area contributed by atoms with E-state index in [1.54, 1.807) is 6.33 Å². The van der Waals surface area contributed by atoms with Crippen molar-refractivity contribution >= 4 is 17.7 Å². The molecule has 0 saturated carbocycles. The molecule has 6 nitrogen and oxygen atoms in total. The number of nitrogens with zero attached hydrogens (tertiary/aromatic N) is 5. The van der Waals surface area contributed by atoms with Gasteiger partial charge in [-0.15, -0.1) is 22.0 Å². The number of aliphatic imine (C=N–C) groups is 1. The highest BCUT2D eigenvalue weighted by Crippen LogP contribution is 2.25. The molecule has 1 aromatic carbocycles. The summed E-state index contributed by atoms with van der Waals surface area (Å²) < 4.78 is 2.09. The van der Waals surface area contributed by atoms with Gasteiger partial charge in [-0.05, 0) is 31.4 Å². The van der Waals surface area contributed by atoms with Crippen LogP contribution in [0.25, 0.3) is 0 Å². The van der Waals surface area contributed by atoms with Gasteiger partial charge in [-0.2, -0.15) is 0 Å². The van der Waals surface area contributed by atoms with E-state index in [2.05, 4.69) is 69.2 Å². The van der Waals surface area contributed by atoms with Crippen molar-refractivity contribution in [3.05, 3.63) is 42.5 Å². The number of rotatable bonds is 8. The normalized spacial score (nSPS) is 17.5. The van der Waals surface area contributed by atoms with Crippen molar-refractivity contribution in [1.29, 1.82) is 0 Å². The van der Waals surface area contributed by atoms with Crippen LogP contribution < -0.4 is 5.32 Å². The fourth-order valence-corrected chi connectivity index (χ4v) is 4.37. The van der Waals surface area contributed by atoms with E-state index < -0.39 is 0 Å². The van der Waals surface area contributed by atoms with Crippen LogP contribution in [0, 0.1) is 5.92 Å². The Morgan fingerprint density at radius 2 is 2.15 bits per heavy atom. The molecule has 3 rings (SSSR count). The highest BCUT2D eigenvalue weighted by Gasteiger charge is 2.24. The van der Waals surface area contributed by atoms with Gasteiger partial charge in [0, 0.05) is 43.2 Å². The van der Waals surface area contributed by atoms with Gasteiger partial charge in [0.2, 0.25) is 0 Å². The SMILES string of the molecule is CCNC(=NCCn1cnnc1CC)N1CCC(CSc2ccccc2)C1. The third-order valence-electron chi connectivity index (χ3n) is 4.76. The largest absolute Gasteiger partial charge is 0.357 e. The van der Waals surface area contributed by atoms with Crippen LogP contribution in [0.15, 0.2) is 46.5 Å². The maximum absolute atomic E-state index is 4.85. The van der Waals surface area contributed by atoms with E-state index in [0.717, 1.165) is 50.9 Å². The van der Waals surface area contributed by atoms with Gasteiger partial charge < -0.3 is 14.8 Å². The van der Waals surface area contributed by atoms with E-state index in [4.69, 9.17) is 4.99 Å². The van der Waals surface area contributed by atoms with Crippen LogP contribution in [-0.2, 0) is 13.0 Å². The lowest BCUT2D eigenvalue weighted by Crippen LogP contribution is -2.40. The standard InChI is InChI=1S/C20H30N6S/c1-3-19-24-23-16-26(19)13-11-22-20(21-4-2)25-12-10-17(14-25)15-27-18-8-6-5-7-9-18/h5-9,16-17H,3-4,10-15H2,1-2H3,(H,21,22). The van der Waals surface area contributed by atoms with Crippen LogP contribution in [0.2, 0.25) is 0 Å². The third-order valence-corrected chi connectivity index (χ3v) is 6.01. The molecule has 1 aliphatic rings. The molecule has 0 aliphatic carbocycles. The first-order chi connectivity index (χ1) is 13.3. The highest BCUT2D eigenvalue weighted by molar-refractivity contribution is 7.99. The van der Waals surface area contributed by atoms with Crippen molar-refractivity contribution in [3.8, 4) is 0 Å². The number of hydrogen-bond acceptors (Lipinski definition) is 4. The Labute approximate surface area is 166 Å². The summed E-state index contributed by atoms with van der Waals surface area (Å²) in [6.07, 6.45) is 3.93. The molecule has 27 heavy (non-hydrogen) atoms. The molecule has 7 heteroatoms. The van der Waals surface area contributed by atoms with Crippen molar-refractivity contribution in [3.63, 3.8) is 0 Å². The Bertz CT molecular complexity index is 714. The predicted molar refractivity (Wildman–Crippen MR) is 112 cm³/mol. The van der Waals surface area contributed by atoms with Crippen molar-refractivity contribution in [2.75, 3.05) is 31.9 Å². The number of likely N-dealkylation sites (tertiary alicyclic amines) is 1. The summed E-state index contributed by atoms with van der Waals surface area (Å²) >= 11 is 1.96. The van der Waals surface area contributed by atoms with E-state index in [1.165, 1.54) is 17.1 Å². The highest BCUT2D eigenvalue weighted by atomic mass is 32.2. The molecule has 0 amide bonds. The molecule has 1 unspecified atom stereocenters. The van der Waals surface area contributed by atoms with Gasteiger partial charge >= 0.3 is 0 Å². The van der Waals surface area contributed by atoms with Gasteiger partial charge in [0.1, 0.15) is 12.2 Å². The minimum Gasteiger partial charge on any atom is -0.357 e. The number of benzene rings is 1. The van der Waals surface area contributed by atoms with E-state index in [1.807, 2.05) is 11.8 Å². The summed E-state index contributed by atoms with van der Waals surface area (Å²) in [6, 6.07) is 10.7. The van der Waals surface area contributed by atoms with Crippen LogP contribution in [0.3, 0.4) is 0 Å². The molecular formula is C20H30N6S. The Kier molecular flexibility index (Phi) is 7.56. The molecule has 0 radical (unpaired) electrons. The van der Waals surface area contributed by atoms with Crippen molar-refractivity contribution in [2.24, 2.45) is 10.9 Å². The van der Waals surface area contributed by atoms with Gasteiger partial charge in [-0.3, -0.25) is 4.99 Å². The number of hydrogen-bond donors (Lipinski definition) is 1.